The SMILES string of the molecule is CSCC[C@@H](NC(=O)[C@@H]1Cc2ccccc2CN1)C(=O)NC[C@@H]1CCCO1. The third-order valence-electron chi connectivity index (χ3n) is 5.17. The van der Waals surface area contributed by atoms with E-state index in [9.17, 15) is 9.59 Å². The van der Waals surface area contributed by atoms with Crippen LogP contribution in [0.2, 0.25) is 0 Å². The van der Waals surface area contributed by atoms with Crippen LogP contribution in [-0.4, -0.2) is 55.2 Å². The minimum absolute atomic E-state index is 0.0994. The van der Waals surface area contributed by atoms with E-state index in [4.69, 9.17) is 4.74 Å². The predicted molar refractivity (Wildman–Crippen MR) is 108 cm³/mol. The number of hydrogen-bond donors (Lipinski definition) is 3. The number of carbonyl (C=O) groups is 2. The van der Waals surface area contributed by atoms with E-state index in [2.05, 4.69) is 28.1 Å². The van der Waals surface area contributed by atoms with Crippen LogP contribution in [0.3, 0.4) is 0 Å². The fourth-order valence-corrected chi connectivity index (χ4v) is 4.03. The monoisotopic (exact) mass is 391 g/mol. The number of amides is 2. The van der Waals surface area contributed by atoms with Gasteiger partial charge in [0.2, 0.25) is 11.8 Å². The molecule has 6 nitrogen and oxygen atoms in total. The predicted octanol–water partition coefficient (Wildman–Crippen LogP) is 1.23. The van der Waals surface area contributed by atoms with Gasteiger partial charge in [0.15, 0.2) is 0 Å². The molecule has 1 fully saturated rings. The molecule has 0 aromatic heterocycles. The first-order valence-corrected chi connectivity index (χ1v) is 11.1. The van der Waals surface area contributed by atoms with Crippen LogP contribution in [-0.2, 0) is 27.3 Å². The van der Waals surface area contributed by atoms with Crippen molar-refractivity contribution in [3.8, 4) is 0 Å². The third-order valence-corrected chi connectivity index (χ3v) is 5.81. The maximum Gasteiger partial charge on any atom is 0.242 e. The molecule has 2 aliphatic rings. The van der Waals surface area contributed by atoms with Crippen molar-refractivity contribution in [2.75, 3.05) is 25.2 Å². The summed E-state index contributed by atoms with van der Waals surface area (Å²) < 4.78 is 5.56. The molecule has 0 saturated carbocycles. The summed E-state index contributed by atoms with van der Waals surface area (Å²) in [6, 6.07) is 7.34. The lowest BCUT2D eigenvalue weighted by molar-refractivity contribution is -0.130. The van der Waals surface area contributed by atoms with Gasteiger partial charge in [-0.2, -0.15) is 11.8 Å². The average molecular weight is 392 g/mol. The molecule has 1 saturated heterocycles. The molecular formula is C20H29N3O3S. The van der Waals surface area contributed by atoms with E-state index < -0.39 is 6.04 Å². The normalized spacial score (nSPS) is 22.7. The van der Waals surface area contributed by atoms with Crippen molar-refractivity contribution in [1.29, 1.82) is 0 Å². The van der Waals surface area contributed by atoms with E-state index in [0.29, 0.717) is 25.9 Å². The number of carbonyl (C=O) groups excluding carboxylic acids is 2. The van der Waals surface area contributed by atoms with E-state index in [0.717, 1.165) is 25.2 Å². The minimum atomic E-state index is -0.509. The van der Waals surface area contributed by atoms with Crippen molar-refractivity contribution in [1.82, 2.24) is 16.0 Å². The van der Waals surface area contributed by atoms with Gasteiger partial charge >= 0.3 is 0 Å². The third kappa shape index (κ3) is 5.70. The number of nitrogens with one attached hydrogen (secondary N) is 3. The van der Waals surface area contributed by atoms with E-state index in [-0.39, 0.29) is 24.0 Å². The Balaban J connectivity index is 1.54. The molecule has 1 aromatic rings. The molecule has 0 radical (unpaired) electrons. The second-order valence-electron chi connectivity index (χ2n) is 7.13. The van der Waals surface area contributed by atoms with Crippen molar-refractivity contribution >= 4 is 23.6 Å². The van der Waals surface area contributed by atoms with Gasteiger partial charge in [0.1, 0.15) is 6.04 Å². The highest BCUT2D eigenvalue weighted by molar-refractivity contribution is 7.98. The van der Waals surface area contributed by atoms with Crippen LogP contribution in [0.4, 0.5) is 0 Å². The van der Waals surface area contributed by atoms with Crippen molar-refractivity contribution < 1.29 is 14.3 Å². The summed E-state index contributed by atoms with van der Waals surface area (Å²) in [6.45, 7) is 1.95. The second-order valence-corrected chi connectivity index (χ2v) is 8.11. The van der Waals surface area contributed by atoms with Crippen molar-refractivity contribution in [2.45, 2.75) is 50.4 Å². The molecular weight excluding hydrogens is 362 g/mol. The molecule has 2 heterocycles. The summed E-state index contributed by atoms with van der Waals surface area (Å²) in [6.07, 6.45) is 5.39. The van der Waals surface area contributed by atoms with Gasteiger partial charge in [-0.25, -0.2) is 0 Å². The minimum Gasteiger partial charge on any atom is -0.376 e. The molecule has 0 spiro atoms. The quantitative estimate of drug-likeness (QED) is 0.621. The Kier molecular flexibility index (Phi) is 7.55. The second kappa shape index (κ2) is 10.1. The van der Waals surface area contributed by atoms with Gasteiger partial charge in [0, 0.05) is 19.7 Å². The summed E-state index contributed by atoms with van der Waals surface area (Å²) in [5.41, 5.74) is 2.43. The highest BCUT2D eigenvalue weighted by Crippen LogP contribution is 2.16. The number of ether oxygens (including phenoxy) is 1. The fraction of sp³-hybridized carbons (Fsp3) is 0.600. The van der Waals surface area contributed by atoms with Crippen LogP contribution in [0.25, 0.3) is 0 Å². The Morgan fingerprint density at radius 3 is 2.89 bits per heavy atom. The lowest BCUT2D eigenvalue weighted by Gasteiger charge is -2.27. The molecule has 0 unspecified atom stereocenters. The smallest absolute Gasteiger partial charge is 0.242 e. The number of benzene rings is 1. The fourth-order valence-electron chi connectivity index (χ4n) is 3.56. The molecule has 2 amide bonds. The summed E-state index contributed by atoms with van der Waals surface area (Å²) in [5.74, 6) is 0.589. The lowest BCUT2D eigenvalue weighted by Crippen LogP contribution is -2.55. The largest absolute Gasteiger partial charge is 0.376 e. The first-order chi connectivity index (χ1) is 13.2. The standard InChI is InChI=1S/C20H29N3O3S/c1-27-10-8-17(19(24)22-13-16-7-4-9-26-16)23-20(25)18-11-14-5-2-3-6-15(14)12-21-18/h2-3,5-6,16-18,21H,4,7-13H2,1H3,(H,22,24)(H,23,25)/t16-,17+,18-/m0/s1. The van der Waals surface area contributed by atoms with E-state index in [1.807, 2.05) is 18.4 Å². The van der Waals surface area contributed by atoms with Crippen LogP contribution < -0.4 is 16.0 Å². The number of thioether (sulfide) groups is 1. The van der Waals surface area contributed by atoms with Gasteiger partial charge < -0.3 is 20.7 Å². The van der Waals surface area contributed by atoms with Crippen molar-refractivity contribution in [3.05, 3.63) is 35.4 Å². The van der Waals surface area contributed by atoms with Crippen LogP contribution in [0, 0.1) is 0 Å². The average Bonchev–Trinajstić information content (AvgIpc) is 3.22. The zero-order chi connectivity index (χ0) is 19.1. The zero-order valence-corrected chi connectivity index (χ0v) is 16.6. The van der Waals surface area contributed by atoms with Crippen molar-refractivity contribution in [3.63, 3.8) is 0 Å². The Labute approximate surface area is 165 Å². The zero-order valence-electron chi connectivity index (χ0n) is 15.8. The van der Waals surface area contributed by atoms with Crippen molar-refractivity contribution in [2.24, 2.45) is 0 Å². The topological polar surface area (TPSA) is 79.5 Å². The molecule has 3 rings (SSSR count). The molecule has 0 aliphatic carbocycles. The van der Waals surface area contributed by atoms with Gasteiger partial charge in [-0.15, -0.1) is 0 Å². The Hall–Kier alpha value is -1.57. The molecule has 1 aromatic carbocycles. The highest BCUT2D eigenvalue weighted by Gasteiger charge is 2.28. The molecule has 7 heteroatoms. The van der Waals surface area contributed by atoms with Crippen LogP contribution in [0.5, 0.6) is 0 Å². The van der Waals surface area contributed by atoms with Gasteiger partial charge in [-0.3, -0.25) is 9.59 Å². The van der Waals surface area contributed by atoms with Gasteiger partial charge in [0.05, 0.1) is 12.1 Å². The van der Waals surface area contributed by atoms with E-state index in [1.165, 1.54) is 11.1 Å². The van der Waals surface area contributed by atoms with Gasteiger partial charge in [-0.05, 0) is 48.8 Å². The maximum atomic E-state index is 12.8. The van der Waals surface area contributed by atoms with Gasteiger partial charge in [0.25, 0.3) is 0 Å². The number of rotatable bonds is 8. The van der Waals surface area contributed by atoms with Crippen LogP contribution in [0.15, 0.2) is 24.3 Å². The summed E-state index contributed by atoms with van der Waals surface area (Å²) in [7, 11) is 0. The summed E-state index contributed by atoms with van der Waals surface area (Å²) in [5, 5.41) is 9.19. The van der Waals surface area contributed by atoms with E-state index in [1.54, 1.807) is 11.8 Å². The first kappa shape index (κ1) is 20.2. The Bertz CT molecular complexity index is 649. The number of fused-ring (bicyclic) bond motifs is 1. The molecule has 148 valence electrons. The molecule has 3 atom stereocenters. The Morgan fingerprint density at radius 1 is 1.33 bits per heavy atom. The van der Waals surface area contributed by atoms with Gasteiger partial charge in [-0.1, -0.05) is 24.3 Å². The first-order valence-electron chi connectivity index (χ1n) is 9.66. The van der Waals surface area contributed by atoms with E-state index >= 15 is 0 Å². The molecule has 2 aliphatic heterocycles. The molecule has 27 heavy (non-hydrogen) atoms. The summed E-state index contributed by atoms with van der Waals surface area (Å²) in [4.78, 5) is 25.4. The molecule has 0 bridgehead atoms. The molecule has 3 N–H and O–H groups in total. The summed E-state index contributed by atoms with van der Waals surface area (Å²) >= 11 is 1.67. The maximum absolute atomic E-state index is 12.8. The Morgan fingerprint density at radius 2 is 2.15 bits per heavy atom. The lowest BCUT2D eigenvalue weighted by atomic mass is 9.95. The number of hydrogen-bond acceptors (Lipinski definition) is 5. The highest BCUT2D eigenvalue weighted by atomic mass is 32.2. The van der Waals surface area contributed by atoms with Crippen LogP contribution >= 0.6 is 11.8 Å². The van der Waals surface area contributed by atoms with Crippen LogP contribution in [0.1, 0.15) is 30.4 Å².